The van der Waals surface area contributed by atoms with Crippen molar-refractivity contribution in [1.29, 1.82) is 0 Å². The third-order valence-corrected chi connectivity index (χ3v) is 6.37. The largest absolute Gasteiger partial charge is 0.493 e. The number of esters is 1. The van der Waals surface area contributed by atoms with Gasteiger partial charge in [-0.15, -0.1) is 0 Å². The molecule has 1 saturated heterocycles. The number of carbonyl (C=O) groups is 2. The summed E-state index contributed by atoms with van der Waals surface area (Å²) in [6.45, 7) is 2.19. The summed E-state index contributed by atoms with van der Waals surface area (Å²) in [5.74, 6) is 1.26. The van der Waals surface area contributed by atoms with Gasteiger partial charge in [0.25, 0.3) is 5.91 Å². The summed E-state index contributed by atoms with van der Waals surface area (Å²) in [7, 11) is 4.50. The van der Waals surface area contributed by atoms with E-state index in [9.17, 15) is 9.59 Å². The normalized spacial score (nSPS) is 13.3. The summed E-state index contributed by atoms with van der Waals surface area (Å²) < 4.78 is 15.4. The van der Waals surface area contributed by atoms with Gasteiger partial charge < -0.3 is 24.0 Å². The monoisotopic (exact) mass is 514 g/mol. The Morgan fingerprint density at radius 3 is 2.18 bits per heavy atom. The molecule has 38 heavy (non-hydrogen) atoms. The van der Waals surface area contributed by atoms with E-state index in [0.29, 0.717) is 71.6 Å². The number of nitrogens with zero attached hydrogens (tertiary/aromatic N) is 6. The highest BCUT2D eigenvalue weighted by molar-refractivity contribution is 5.96. The van der Waals surface area contributed by atoms with Crippen LogP contribution in [-0.2, 0) is 4.74 Å². The Kier molecular flexibility index (Phi) is 6.98. The van der Waals surface area contributed by atoms with Crippen LogP contribution >= 0.6 is 0 Å². The second-order valence-electron chi connectivity index (χ2n) is 8.55. The van der Waals surface area contributed by atoms with Crippen LogP contribution in [0.2, 0.25) is 0 Å². The maximum atomic E-state index is 12.9. The van der Waals surface area contributed by atoms with Crippen molar-refractivity contribution >= 4 is 29.0 Å². The first-order valence-electron chi connectivity index (χ1n) is 12.0. The van der Waals surface area contributed by atoms with Gasteiger partial charge in [0.05, 0.1) is 45.0 Å². The third kappa shape index (κ3) is 4.90. The lowest BCUT2D eigenvalue weighted by molar-refractivity contribution is 0.0599. The molecular weight excluding hydrogens is 488 g/mol. The molecule has 1 fully saturated rings. The van der Waals surface area contributed by atoms with E-state index < -0.39 is 5.97 Å². The van der Waals surface area contributed by atoms with Crippen molar-refractivity contribution in [1.82, 2.24) is 24.8 Å². The molecule has 2 aromatic carbocycles. The minimum Gasteiger partial charge on any atom is -0.493 e. The zero-order valence-corrected chi connectivity index (χ0v) is 21.2. The Hall–Kier alpha value is -4.80. The van der Waals surface area contributed by atoms with E-state index in [0.717, 1.165) is 5.56 Å². The van der Waals surface area contributed by atoms with Gasteiger partial charge in [-0.2, -0.15) is 4.98 Å². The smallest absolute Gasteiger partial charge is 0.337 e. The number of carbonyl (C=O) groups excluding carboxylic acids is 2. The van der Waals surface area contributed by atoms with Crippen molar-refractivity contribution in [2.75, 3.05) is 52.4 Å². The maximum Gasteiger partial charge on any atom is 0.337 e. The van der Waals surface area contributed by atoms with Crippen LogP contribution in [0.1, 0.15) is 20.7 Å². The second-order valence-corrected chi connectivity index (χ2v) is 8.55. The van der Waals surface area contributed by atoms with Crippen LogP contribution in [0.25, 0.3) is 22.4 Å². The van der Waals surface area contributed by atoms with Crippen LogP contribution in [0, 0.1) is 0 Å². The molecule has 0 aliphatic carbocycles. The SMILES string of the molecule is COC(=O)c1ccc(C(=O)N2CCN(c3ncc4nc(-c5ccc(OC)c(OC)c5)cnc4n3)CC2)cc1. The summed E-state index contributed by atoms with van der Waals surface area (Å²) in [5.41, 5.74) is 3.49. The van der Waals surface area contributed by atoms with Crippen LogP contribution in [0.5, 0.6) is 11.5 Å². The molecule has 0 unspecified atom stereocenters. The molecule has 3 heterocycles. The molecule has 4 aromatic rings. The molecule has 194 valence electrons. The minimum atomic E-state index is -0.435. The van der Waals surface area contributed by atoms with Crippen LogP contribution in [0.4, 0.5) is 5.95 Å². The molecule has 1 amide bonds. The van der Waals surface area contributed by atoms with Crippen molar-refractivity contribution in [3.05, 3.63) is 66.0 Å². The highest BCUT2D eigenvalue weighted by atomic mass is 16.5. The number of hydrogen-bond acceptors (Lipinski definition) is 10. The predicted molar refractivity (Wildman–Crippen MR) is 140 cm³/mol. The molecule has 1 aliphatic heterocycles. The first-order chi connectivity index (χ1) is 18.5. The summed E-state index contributed by atoms with van der Waals surface area (Å²) in [6, 6.07) is 12.0. The molecule has 0 bridgehead atoms. The van der Waals surface area contributed by atoms with Crippen LogP contribution in [-0.4, -0.2) is 84.2 Å². The molecule has 2 aromatic heterocycles. The summed E-state index contributed by atoms with van der Waals surface area (Å²) in [4.78, 5) is 46.6. The fourth-order valence-corrected chi connectivity index (χ4v) is 4.26. The number of methoxy groups -OCH3 is 3. The number of fused-ring (bicyclic) bond motifs is 1. The molecule has 0 spiro atoms. The highest BCUT2D eigenvalue weighted by Crippen LogP contribution is 2.31. The Labute approximate surface area is 219 Å². The van der Waals surface area contributed by atoms with Crippen LogP contribution in [0.3, 0.4) is 0 Å². The number of piperazine rings is 1. The predicted octanol–water partition coefficient (Wildman–Crippen LogP) is 2.85. The molecule has 0 N–H and O–H groups in total. The van der Waals surface area contributed by atoms with Gasteiger partial charge in [0.2, 0.25) is 5.95 Å². The van der Waals surface area contributed by atoms with E-state index >= 15 is 0 Å². The van der Waals surface area contributed by atoms with E-state index in [1.54, 1.807) is 55.8 Å². The van der Waals surface area contributed by atoms with E-state index in [1.165, 1.54) is 7.11 Å². The Balaban J connectivity index is 1.26. The van der Waals surface area contributed by atoms with Gasteiger partial charge in [-0.05, 0) is 42.5 Å². The average Bonchev–Trinajstić information content (AvgIpc) is 2.99. The number of amides is 1. The van der Waals surface area contributed by atoms with Gasteiger partial charge in [-0.25, -0.2) is 19.7 Å². The van der Waals surface area contributed by atoms with Gasteiger partial charge >= 0.3 is 5.97 Å². The Morgan fingerprint density at radius 1 is 0.789 bits per heavy atom. The maximum absolute atomic E-state index is 12.9. The first-order valence-corrected chi connectivity index (χ1v) is 12.0. The molecule has 5 rings (SSSR count). The standard InChI is InChI=1S/C27H26N6O5/c1-36-22-9-8-19(14-23(22)37-2)20-15-28-24-21(30-20)16-29-27(31-24)33-12-10-32(11-13-33)25(34)17-4-6-18(7-5-17)26(35)38-3/h4-9,14-16H,10-13H2,1-3H3. The van der Waals surface area contributed by atoms with E-state index in [4.69, 9.17) is 14.2 Å². The zero-order valence-electron chi connectivity index (χ0n) is 21.2. The number of hydrogen-bond donors (Lipinski definition) is 0. The number of anilines is 1. The molecule has 0 radical (unpaired) electrons. The number of aromatic nitrogens is 4. The fraction of sp³-hybridized carbons (Fsp3) is 0.259. The van der Waals surface area contributed by atoms with Crippen molar-refractivity contribution in [3.63, 3.8) is 0 Å². The average molecular weight is 515 g/mol. The van der Waals surface area contributed by atoms with E-state index in [1.807, 2.05) is 23.1 Å². The molecule has 1 aliphatic rings. The lowest BCUT2D eigenvalue weighted by Crippen LogP contribution is -2.49. The lowest BCUT2D eigenvalue weighted by atomic mass is 10.1. The van der Waals surface area contributed by atoms with E-state index in [-0.39, 0.29) is 5.91 Å². The van der Waals surface area contributed by atoms with Crippen LogP contribution in [0.15, 0.2) is 54.9 Å². The summed E-state index contributed by atoms with van der Waals surface area (Å²) >= 11 is 0. The molecule has 11 heteroatoms. The topological polar surface area (TPSA) is 120 Å². The summed E-state index contributed by atoms with van der Waals surface area (Å²) in [6.07, 6.45) is 3.33. The molecule has 0 atom stereocenters. The van der Waals surface area contributed by atoms with Crippen molar-refractivity contribution in [2.45, 2.75) is 0 Å². The number of ether oxygens (including phenoxy) is 3. The van der Waals surface area contributed by atoms with Crippen LogP contribution < -0.4 is 14.4 Å². The van der Waals surface area contributed by atoms with Crippen molar-refractivity contribution in [2.24, 2.45) is 0 Å². The zero-order chi connectivity index (χ0) is 26.6. The molecule has 0 saturated carbocycles. The number of rotatable bonds is 6. The lowest BCUT2D eigenvalue weighted by Gasteiger charge is -2.34. The highest BCUT2D eigenvalue weighted by Gasteiger charge is 2.24. The van der Waals surface area contributed by atoms with Gasteiger partial charge in [-0.1, -0.05) is 0 Å². The molecular formula is C27H26N6O5. The van der Waals surface area contributed by atoms with Gasteiger partial charge in [0.15, 0.2) is 17.1 Å². The minimum absolute atomic E-state index is 0.0888. The fourth-order valence-electron chi connectivity index (χ4n) is 4.26. The number of benzene rings is 2. The van der Waals surface area contributed by atoms with Gasteiger partial charge in [0.1, 0.15) is 5.52 Å². The first kappa shape index (κ1) is 24.9. The Bertz CT molecular complexity index is 1490. The van der Waals surface area contributed by atoms with E-state index in [2.05, 4.69) is 19.9 Å². The quantitative estimate of drug-likeness (QED) is 0.355. The second kappa shape index (κ2) is 10.7. The molecule has 11 nitrogen and oxygen atoms in total. The summed E-state index contributed by atoms with van der Waals surface area (Å²) in [5, 5.41) is 0. The van der Waals surface area contributed by atoms with Crippen molar-refractivity contribution in [3.8, 4) is 22.8 Å². The van der Waals surface area contributed by atoms with Crippen molar-refractivity contribution < 1.29 is 23.8 Å². The third-order valence-electron chi connectivity index (χ3n) is 6.37. The Morgan fingerprint density at radius 2 is 1.50 bits per heavy atom. The van der Waals surface area contributed by atoms with Gasteiger partial charge in [-0.3, -0.25) is 4.79 Å². The van der Waals surface area contributed by atoms with Gasteiger partial charge in [0, 0.05) is 37.3 Å².